The van der Waals surface area contributed by atoms with Gasteiger partial charge in [0.25, 0.3) is 0 Å². The van der Waals surface area contributed by atoms with Crippen LogP contribution in [-0.2, 0) is 17.8 Å². The summed E-state index contributed by atoms with van der Waals surface area (Å²) in [4.78, 5) is 29.8. The van der Waals surface area contributed by atoms with Crippen molar-refractivity contribution >= 4 is 22.6 Å². The third kappa shape index (κ3) is 4.25. The molecule has 1 fully saturated rings. The second kappa shape index (κ2) is 8.74. The van der Waals surface area contributed by atoms with Crippen molar-refractivity contribution in [2.24, 2.45) is 0 Å². The van der Waals surface area contributed by atoms with E-state index in [0.717, 1.165) is 73.8 Å². The van der Waals surface area contributed by atoms with E-state index in [1.807, 2.05) is 29.2 Å². The van der Waals surface area contributed by atoms with E-state index in [0.29, 0.717) is 6.42 Å². The third-order valence-electron chi connectivity index (χ3n) is 6.42. The fraction of sp³-hybridized carbons (Fsp3) is 0.400. The number of nitrogens with zero attached hydrogens (tertiary/aromatic N) is 5. The van der Waals surface area contributed by atoms with Crippen LogP contribution < -0.4 is 0 Å². The number of para-hydroxylation sites is 2. The number of aryl methyl sites for hydroxylation is 3. The van der Waals surface area contributed by atoms with Gasteiger partial charge in [-0.1, -0.05) is 12.1 Å². The predicted octanol–water partition coefficient (Wildman–Crippen LogP) is 3.49. The molecule has 1 aromatic carbocycles. The zero-order valence-corrected chi connectivity index (χ0v) is 18.8. The van der Waals surface area contributed by atoms with E-state index >= 15 is 0 Å². The van der Waals surface area contributed by atoms with Crippen LogP contribution in [0.1, 0.15) is 35.6 Å². The SMILES string of the molecule is Cc1ccn2c(CN3CCN(C(=O)CCCc4nc5ccccc5[nH]4)CC3)c(C)nc2c1. The molecule has 4 aromatic rings. The van der Waals surface area contributed by atoms with Gasteiger partial charge < -0.3 is 14.3 Å². The minimum absolute atomic E-state index is 0.252. The molecule has 4 heterocycles. The summed E-state index contributed by atoms with van der Waals surface area (Å²) >= 11 is 0. The van der Waals surface area contributed by atoms with Crippen LogP contribution in [0.15, 0.2) is 42.6 Å². The van der Waals surface area contributed by atoms with Crippen LogP contribution in [-0.4, -0.2) is 61.2 Å². The summed E-state index contributed by atoms with van der Waals surface area (Å²) in [7, 11) is 0. The standard InChI is InChI=1S/C25H30N6O/c1-18-10-11-31-22(19(2)26-24(31)16-18)17-29-12-14-30(15-13-29)25(32)9-5-8-23-27-20-6-3-4-7-21(20)28-23/h3-4,6-7,10-11,16H,5,8-9,12-15,17H2,1-2H3,(H,27,28). The zero-order valence-electron chi connectivity index (χ0n) is 18.8. The highest BCUT2D eigenvalue weighted by molar-refractivity contribution is 5.76. The number of nitrogens with one attached hydrogen (secondary N) is 1. The number of hydrogen-bond donors (Lipinski definition) is 1. The smallest absolute Gasteiger partial charge is 0.222 e. The van der Waals surface area contributed by atoms with Crippen molar-refractivity contribution in [2.45, 2.75) is 39.7 Å². The number of aromatic nitrogens is 4. The second-order valence-corrected chi connectivity index (χ2v) is 8.79. The summed E-state index contributed by atoms with van der Waals surface area (Å²) in [6.45, 7) is 8.42. The first-order chi connectivity index (χ1) is 15.6. The van der Waals surface area contributed by atoms with Gasteiger partial charge in [-0.15, -0.1) is 0 Å². The van der Waals surface area contributed by atoms with Gasteiger partial charge in [0.1, 0.15) is 11.5 Å². The first-order valence-electron chi connectivity index (χ1n) is 11.4. The maximum atomic E-state index is 12.7. The van der Waals surface area contributed by atoms with Crippen LogP contribution in [0.5, 0.6) is 0 Å². The Hall–Kier alpha value is -3.19. The summed E-state index contributed by atoms with van der Waals surface area (Å²) in [5.41, 5.74) is 6.60. The Bertz CT molecular complexity index is 1220. The number of amides is 1. The lowest BCUT2D eigenvalue weighted by Gasteiger charge is -2.34. The fourth-order valence-electron chi connectivity index (χ4n) is 4.56. The van der Waals surface area contributed by atoms with Crippen LogP contribution in [0.2, 0.25) is 0 Å². The Morgan fingerprint density at radius 2 is 1.88 bits per heavy atom. The summed E-state index contributed by atoms with van der Waals surface area (Å²) in [5, 5.41) is 0. The Labute approximate surface area is 188 Å². The van der Waals surface area contributed by atoms with Crippen LogP contribution in [0.4, 0.5) is 0 Å². The molecule has 0 bridgehead atoms. The highest BCUT2D eigenvalue weighted by Crippen LogP contribution is 2.17. The normalized spacial score (nSPS) is 15.1. The lowest BCUT2D eigenvalue weighted by molar-refractivity contribution is -0.133. The van der Waals surface area contributed by atoms with Crippen molar-refractivity contribution in [3.63, 3.8) is 0 Å². The topological polar surface area (TPSA) is 69.5 Å². The number of benzene rings is 1. The lowest BCUT2D eigenvalue weighted by atomic mass is 10.2. The van der Waals surface area contributed by atoms with E-state index in [1.54, 1.807) is 0 Å². The van der Waals surface area contributed by atoms with Gasteiger partial charge in [0.2, 0.25) is 5.91 Å². The molecular weight excluding hydrogens is 400 g/mol. The molecule has 0 spiro atoms. The van der Waals surface area contributed by atoms with Crippen LogP contribution >= 0.6 is 0 Å². The van der Waals surface area contributed by atoms with Gasteiger partial charge in [-0.2, -0.15) is 0 Å². The second-order valence-electron chi connectivity index (χ2n) is 8.79. The van der Waals surface area contributed by atoms with Crippen LogP contribution in [0, 0.1) is 13.8 Å². The molecule has 1 amide bonds. The Kier molecular flexibility index (Phi) is 5.66. The average molecular weight is 431 g/mol. The number of pyridine rings is 1. The van der Waals surface area contributed by atoms with Crippen molar-refractivity contribution in [1.29, 1.82) is 0 Å². The molecule has 7 heteroatoms. The van der Waals surface area contributed by atoms with E-state index in [2.05, 4.69) is 51.4 Å². The van der Waals surface area contributed by atoms with E-state index in [9.17, 15) is 4.79 Å². The van der Waals surface area contributed by atoms with Crippen molar-refractivity contribution in [3.8, 4) is 0 Å². The lowest BCUT2D eigenvalue weighted by Crippen LogP contribution is -2.48. The first kappa shape index (κ1) is 20.7. The molecule has 1 N–H and O–H groups in total. The molecule has 0 atom stereocenters. The molecule has 3 aromatic heterocycles. The van der Waals surface area contributed by atoms with Gasteiger partial charge in [0.15, 0.2) is 0 Å². The Balaban J connectivity index is 1.11. The Morgan fingerprint density at radius 3 is 2.69 bits per heavy atom. The minimum Gasteiger partial charge on any atom is -0.342 e. The van der Waals surface area contributed by atoms with Gasteiger partial charge in [-0.05, 0) is 50.1 Å². The van der Waals surface area contributed by atoms with Crippen LogP contribution in [0.25, 0.3) is 16.7 Å². The van der Waals surface area contributed by atoms with Crippen molar-refractivity contribution in [1.82, 2.24) is 29.2 Å². The molecule has 1 aliphatic heterocycles. The molecular formula is C25H30N6O. The molecule has 32 heavy (non-hydrogen) atoms. The van der Waals surface area contributed by atoms with Gasteiger partial charge in [0, 0.05) is 51.8 Å². The van der Waals surface area contributed by atoms with E-state index < -0.39 is 0 Å². The molecule has 0 aliphatic carbocycles. The minimum atomic E-state index is 0.252. The van der Waals surface area contributed by atoms with Gasteiger partial charge in [0.05, 0.1) is 22.4 Å². The number of fused-ring (bicyclic) bond motifs is 2. The average Bonchev–Trinajstić information content (AvgIpc) is 3.34. The molecule has 5 rings (SSSR count). The number of carbonyl (C=O) groups is 1. The number of H-pyrrole nitrogens is 1. The maximum Gasteiger partial charge on any atom is 0.222 e. The molecule has 1 aliphatic rings. The summed E-state index contributed by atoms with van der Waals surface area (Å²) in [5.74, 6) is 1.21. The molecule has 0 unspecified atom stereocenters. The summed E-state index contributed by atoms with van der Waals surface area (Å²) < 4.78 is 2.19. The quantitative estimate of drug-likeness (QED) is 0.508. The highest BCUT2D eigenvalue weighted by Gasteiger charge is 2.22. The Morgan fingerprint density at radius 1 is 1.06 bits per heavy atom. The summed E-state index contributed by atoms with van der Waals surface area (Å²) in [6.07, 6.45) is 4.30. The number of hydrogen-bond acceptors (Lipinski definition) is 4. The maximum absolute atomic E-state index is 12.7. The van der Waals surface area contributed by atoms with E-state index in [1.165, 1.54) is 11.3 Å². The molecule has 0 saturated carbocycles. The van der Waals surface area contributed by atoms with Crippen molar-refractivity contribution < 1.29 is 4.79 Å². The van der Waals surface area contributed by atoms with Gasteiger partial charge >= 0.3 is 0 Å². The summed E-state index contributed by atoms with van der Waals surface area (Å²) in [6, 6.07) is 12.3. The predicted molar refractivity (Wildman–Crippen MR) is 126 cm³/mol. The van der Waals surface area contributed by atoms with Gasteiger partial charge in [-0.25, -0.2) is 9.97 Å². The molecule has 7 nitrogen and oxygen atoms in total. The van der Waals surface area contributed by atoms with Crippen LogP contribution in [0.3, 0.4) is 0 Å². The van der Waals surface area contributed by atoms with E-state index in [-0.39, 0.29) is 5.91 Å². The fourth-order valence-corrected chi connectivity index (χ4v) is 4.56. The molecule has 0 radical (unpaired) electrons. The highest BCUT2D eigenvalue weighted by atomic mass is 16.2. The number of rotatable bonds is 6. The van der Waals surface area contributed by atoms with Crippen molar-refractivity contribution in [3.05, 3.63) is 65.4 Å². The molecule has 1 saturated heterocycles. The third-order valence-corrected chi connectivity index (χ3v) is 6.42. The zero-order chi connectivity index (χ0) is 22.1. The molecule has 166 valence electrons. The number of imidazole rings is 2. The first-order valence-corrected chi connectivity index (χ1v) is 11.4. The van der Waals surface area contributed by atoms with Gasteiger partial charge in [-0.3, -0.25) is 9.69 Å². The van der Waals surface area contributed by atoms with Crippen molar-refractivity contribution in [2.75, 3.05) is 26.2 Å². The monoisotopic (exact) mass is 430 g/mol. The number of aromatic amines is 1. The largest absolute Gasteiger partial charge is 0.342 e. The van der Waals surface area contributed by atoms with E-state index in [4.69, 9.17) is 4.98 Å². The number of carbonyl (C=O) groups excluding carboxylic acids is 1. The number of piperazine rings is 1.